The van der Waals surface area contributed by atoms with Gasteiger partial charge < -0.3 is 20.4 Å². The lowest BCUT2D eigenvalue weighted by Crippen LogP contribution is -2.38. The van der Waals surface area contributed by atoms with E-state index in [1.165, 1.54) is 0 Å². The van der Waals surface area contributed by atoms with Crippen molar-refractivity contribution in [2.45, 2.75) is 31.7 Å². The summed E-state index contributed by atoms with van der Waals surface area (Å²) in [6.07, 6.45) is -3.08. The summed E-state index contributed by atoms with van der Waals surface area (Å²) < 4.78 is 0. The lowest BCUT2D eigenvalue weighted by Gasteiger charge is -2.19. The molecule has 1 unspecified atom stereocenters. The first kappa shape index (κ1) is 9.84. The van der Waals surface area contributed by atoms with Crippen molar-refractivity contribution in [3.63, 3.8) is 0 Å². The second-order valence-electron chi connectivity index (χ2n) is 2.22. The van der Waals surface area contributed by atoms with Gasteiger partial charge in [-0.1, -0.05) is 6.92 Å². The van der Waals surface area contributed by atoms with E-state index in [0.29, 0.717) is 6.42 Å². The summed E-state index contributed by atoms with van der Waals surface area (Å²) in [5.41, 5.74) is 0. The van der Waals surface area contributed by atoms with Crippen LogP contribution >= 0.6 is 0 Å². The highest BCUT2D eigenvalue weighted by Gasteiger charge is 2.21. The fraction of sp³-hybridized carbons (Fsp3) is 1.00. The highest BCUT2D eigenvalue weighted by atomic mass is 16.4. The molecule has 62 valence electrons. The Labute approximate surface area is 59.7 Å². The summed E-state index contributed by atoms with van der Waals surface area (Å²) in [6.45, 7) is 1.15. The first-order valence-corrected chi connectivity index (χ1v) is 3.28. The first-order valence-electron chi connectivity index (χ1n) is 3.28. The summed E-state index contributed by atoms with van der Waals surface area (Å²) in [5.74, 6) is 0. The molecule has 10 heavy (non-hydrogen) atoms. The van der Waals surface area contributed by atoms with Gasteiger partial charge in [0.2, 0.25) is 0 Å². The van der Waals surface area contributed by atoms with Gasteiger partial charge in [0.05, 0.1) is 12.7 Å². The Bertz CT molecular complexity index is 75.8. The SMILES string of the molecule is CC[C@H](O)C(O)[C@@H](O)CO. The van der Waals surface area contributed by atoms with E-state index in [-0.39, 0.29) is 0 Å². The Morgan fingerprint density at radius 2 is 1.60 bits per heavy atom. The zero-order chi connectivity index (χ0) is 8.15. The molecule has 4 N–H and O–H groups in total. The summed E-state index contributed by atoms with van der Waals surface area (Å²) in [4.78, 5) is 0. The largest absolute Gasteiger partial charge is 0.394 e. The van der Waals surface area contributed by atoms with Crippen molar-refractivity contribution < 1.29 is 20.4 Å². The van der Waals surface area contributed by atoms with Crippen LogP contribution in [0.2, 0.25) is 0 Å². The predicted molar refractivity (Wildman–Crippen MR) is 35.4 cm³/mol. The molecule has 0 fully saturated rings. The van der Waals surface area contributed by atoms with Crippen LogP contribution in [-0.4, -0.2) is 45.3 Å². The second-order valence-corrected chi connectivity index (χ2v) is 2.22. The fourth-order valence-electron chi connectivity index (χ4n) is 0.606. The molecule has 3 atom stereocenters. The van der Waals surface area contributed by atoms with Crippen LogP contribution in [0.5, 0.6) is 0 Å². The molecule has 0 rings (SSSR count). The Balaban J connectivity index is 3.69. The molecule has 0 aliphatic carbocycles. The molecule has 0 bridgehead atoms. The van der Waals surface area contributed by atoms with Crippen LogP contribution < -0.4 is 0 Å². The molecule has 0 saturated heterocycles. The van der Waals surface area contributed by atoms with Gasteiger partial charge in [-0.15, -0.1) is 0 Å². The molecular weight excluding hydrogens is 136 g/mol. The Kier molecular flexibility index (Phi) is 4.55. The van der Waals surface area contributed by atoms with Gasteiger partial charge in [-0.25, -0.2) is 0 Å². The van der Waals surface area contributed by atoms with E-state index in [1.54, 1.807) is 6.92 Å². The molecule has 0 aromatic heterocycles. The topological polar surface area (TPSA) is 80.9 Å². The van der Waals surface area contributed by atoms with Gasteiger partial charge in [-0.3, -0.25) is 0 Å². The molecule has 4 heteroatoms. The van der Waals surface area contributed by atoms with Crippen LogP contribution in [-0.2, 0) is 0 Å². The maximum absolute atomic E-state index is 8.93. The van der Waals surface area contributed by atoms with Crippen LogP contribution in [0.3, 0.4) is 0 Å². The molecule has 0 amide bonds. The van der Waals surface area contributed by atoms with Crippen molar-refractivity contribution >= 4 is 0 Å². The second kappa shape index (κ2) is 4.62. The molecule has 0 radical (unpaired) electrons. The van der Waals surface area contributed by atoms with Crippen LogP contribution in [0.1, 0.15) is 13.3 Å². The lowest BCUT2D eigenvalue weighted by atomic mass is 10.1. The molecule has 0 aromatic rings. The third-order valence-electron chi connectivity index (χ3n) is 1.39. The van der Waals surface area contributed by atoms with Gasteiger partial charge in [-0.2, -0.15) is 0 Å². The monoisotopic (exact) mass is 150 g/mol. The standard InChI is InChI=1S/C6H14O4/c1-2-4(8)6(10)5(9)3-7/h4-10H,2-3H2,1H3/t4-,5-,6?/m0/s1. The third kappa shape index (κ3) is 2.62. The maximum atomic E-state index is 8.93. The van der Waals surface area contributed by atoms with E-state index in [0.717, 1.165) is 0 Å². The molecule has 0 aromatic carbocycles. The number of rotatable bonds is 4. The Morgan fingerprint density at radius 3 is 1.90 bits per heavy atom. The average Bonchev–Trinajstić information content (AvgIpc) is 2.00. The first-order chi connectivity index (χ1) is 4.63. The van der Waals surface area contributed by atoms with Crippen LogP contribution in [0, 0.1) is 0 Å². The molecular formula is C6H14O4. The lowest BCUT2D eigenvalue weighted by molar-refractivity contribution is -0.0767. The summed E-state index contributed by atoms with van der Waals surface area (Å²) in [6, 6.07) is 0. The van der Waals surface area contributed by atoms with Crippen molar-refractivity contribution in [3.8, 4) is 0 Å². The van der Waals surface area contributed by atoms with Gasteiger partial charge in [0.25, 0.3) is 0 Å². The van der Waals surface area contributed by atoms with E-state index in [9.17, 15) is 0 Å². The van der Waals surface area contributed by atoms with Crippen molar-refractivity contribution in [1.29, 1.82) is 0 Å². The molecule has 0 aliphatic rings. The summed E-state index contributed by atoms with van der Waals surface area (Å²) in [7, 11) is 0. The van der Waals surface area contributed by atoms with E-state index in [1.807, 2.05) is 0 Å². The fourth-order valence-corrected chi connectivity index (χ4v) is 0.606. The van der Waals surface area contributed by atoms with Crippen molar-refractivity contribution in [1.82, 2.24) is 0 Å². The number of aliphatic hydroxyl groups is 4. The summed E-state index contributed by atoms with van der Waals surface area (Å²) >= 11 is 0. The van der Waals surface area contributed by atoms with E-state index in [4.69, 9.17) is 20.4 Å². The molecule has 0 spiro atoms. The van der Waals surface area contributed by atoms with Gasteiger partial charge in [0, 0.05) is 0 Å². The molecule has 4 nitrogen and oxygen atoms in total. The van der Waals surface area contributed by atoms with Crippen LogP contribution in [0.4, 0.5) is 0 Å². The minimum atomic E-state index is -1.24. The van der Waals surface area contributed by atoms with E-state index < -0.39 is 24.9 Å². The molecule has 0 aliphatic heterocycles. The highest BCUT2D eigenvalue weighted by molar-refractivity contribution is 4.72. The number of aliphatic hydroxyl groups excluding tert-OH is 4. The van der Waals surface area contributed by atoms with Gasteiger partial charge in [-0.05, 0) is 6.42 Å². The quantitative estimate of drug-likeness (QED) is 0.392. The van der Waals surface area contributed by atoms with Gasteiger partial charge >= 0.3 is 0 Å². The normalized spacial score (nSPS) is 20.1. The predicted octanol–water partition coefficient (Wildman–Crippen LogP) is -1.53. The van der Waals surface area contributed by atoms with Gasteiger partial charge in [0.1, 0.15) is 12.2 Å². The van der Waals surface area contributed by atoms with Crippen molar-refractivity contribution in [2.75, 3.05) is 6.61 Å². The number of hydrogen-bond acceptors (Lipinski definition) is 4. The van der Waals surface area contributed by atoms with E-state index >= 15 is 0 Å². The number of hydrogen-bond donors (Lipinski definition) is 4. The minimum absolute atomic E-state index is 0.359. The average molecular weight is 150 g/mol. The molecule has 0 heterocycles. The zero-order valence-electron chi connectivity index (χ0n) is 5.94. The van der Waals surface area contributed by atoms with Crippen LogP contribution in [0.25, 0.3) is 0 Å². The van der Waals surface area contributed by atoms with Crippen LogP contribution in [0.15, 0.2) is 0 Å². The minimum Gasteiger partial charge on any atom is -0.394 e. The van der Waals surface area contributed by atoms with Gasteiger partial charge in [0.15, 0.2) is 0 Å². The third-order valence-corrected chi connectivity index (χ3v) is 1.39. The molecule has 0 saturated carbocycles. The van der Waals surface area contributed by atoms with E-state index in [2.05, 4.69) is 0 Å². The zero-order valence-corrected chi connectivity index (χ0v) is 5.94. The smallest absolute Gasteiger partial charge is 0.108 e. The summed E-state index contributed by atoms with van der Waals surface area (Å²) in [5, 5.41) is 34.9. The highest BCUT2D eigenvalue weighted by Crippen LogP contribution is 2.02. The van der Waals surface area contributed by atoms with Crippen molar-refractivity contribution in [2.24, 2.45) is 0 Å². The maximum Gasteiger partial charge on any atom is 0.108 e. The van der Waals surface area contributed by atoms with Crippen molar-refractivity contribution in [3.05, 3.63) is 0 Å². The Morgan fingerprint density at radius 1 is 1.10 bits per heavy atom. The Hall–Kier alpha value is -0.160.